The van der Waals surface area contributed by atoms with Gasteiger partial charge in [0.2, 0.25) is 5.91 Å². The SMILES string of the molecule is CCC(C)(C)NC(=O)Cn1cc(C(C)=O)nc1C. The first-order valence-electron chi connectivity index (χ1n) is 6.11. The van der Waals surface area contributed by atoms with Gasteiger partial charge in [-0.05, 0) is 27.2 Å². The van der Waals surface area contributed by atoms with E-state index >= 15 is 0 Å². The van der Waals surface area contributed by atoms with E-state index < -0.39 is 0 Å². The Labute approximate surface area is 108 Å². The molecule has 0 saturated carbocycles. The highest BCUT2D eigenvalue weighted by atomic mass is 16.2. The number of Topliss-reactive ketones (excluding diaryl/α,β-unsaturated/α-hetero) is 1. The standard InChI is InChI=1S/C13H21N3O2/c1-6-13(4,5)15-12(18)8-16-7-11(9(2)17)14-10(16)3/h7H,6,8H2,1-5H3,(H,15,18). The monoisotopic (exact) mass is 251 g/mol. The van der Waals surface area contributed by atoms with Crippen molar-refractivity contribution in [2.45, 2.75) is 53.1 Å². The molecule has 0 atom stereocenters. The number of hydrogen-bond acceptors (Lipinski definition) is 3. The zero-order valence-electron chi connectivity index (χ0n) is 11.7. The second-order valence-electron chi connectivity index (χ2n) is 5.14. The Bertz CT molecular complexity index is 461. The minimum Gasteiger partial charge on any atom is -0.350 e. The highest BCUT2D eigenvalue weighted by Crippen LogP contribution is 2.08. The van der Waals surface area contributed by atoms with Gasteiger partial charge in [0.25, 0.3) is 0 Å². The van der Waals surface area contributed by atoms with Crippen LogP contribution in [0, 0.1) is 6.92 Å². The molecular weight excluding hydrogens is 230 g/mol. The van der Waals surface area contributed by atoms with E-state index in [1.54, 1.807) is 17.7 Å². The number of amides is 1. The number of nitrogens with one attached hydrogen (secondary N) is 1. The first-order valence-corrected chi connectivity index (χ1v) is 6.11. The molecule has 0 unspecified atom stereocenters. The second kappa shape index (κ2) is 5.33. The van der Waals surface area contributed by atoms with Crippen LogP contribution in [0.4, 0.5) is 0 Å². The van der Waals surface area contributed by atoms with Crippen molar-refractivity contribution in [2.75, 3.05) is 0 Å². The molecule has 0 radical (unpaired) electrons. The van der Waals surface area contributed by atoms with Gasteiger partial charge in [-0.25, -0.2) is 4.98 Å². The Morgan fingerprint density at radius 3 is 2.50 bits per heavy atom. The third kappa shape index (κ3) is 3.68. The Morgan fingerprint density at radius 2 is 2.06 bits per heavy atom. The second-order valence-corrected chi connectivity index (χ2v) is 5.14. The Morgan fingerprint density at radius 1 is 1.44 bits per heavy atom. The largest absolute Gasteiger partial charge is 0.350 e. The summed E-state index contributed by atoms with van der Waals surface area (Å²) in [6.07, 6.45) is 2.48. The number of carbonyl (C=O) groups is 2. The molecule has 1 amide bonds. The molecule has 5 heteroatoms. The summed E-state index contributed by atoms with van der Waals surface area (Å²) in [6.45, 7) is 9.42. The van der Waals surface area contributed by atoms with Gasteiger partial charge in [-0.3, -0.25) is 9.59 Å². The minimum atomic E-state index is -0.213. The van der Waals surface area contributed by atoms with Gasteiger partial charge in [0, 0.05) is 18.7 Å². The van der Waals surface area contributed by atoms with E-state index in [0.29, 0.717) is 11.5 Å². The molecule has 1 N–H and O–H groups in total. The fourth-order valence-electron chi connectivity index (χ4n) is 1.50. The molecule has 0 bridgehead atoms. The smallest absolute Gasteiger partial charge is 0.240 e. The number of aromatic nitrogens is 2. The molecule has 1 aromatic heterocycles. The van der Waals surface area contributed by atoms with Crippen LogP contribution in [0.15, 0.2) is 6.20 Å². The fraction of sp³-hybridized carbons (Fsp3) is 0.615. The quantitative estimate of drug-likeness (QED) is 0.810. The predicted molar refractivity (Wildman–Crippen MR) is 69.5 cm³/mol. The van der Waals surface area contributed by atoms with Gasteiger partial charge in [0.15, 0.2) is 5.78 Å². The summed E-state index contributed by atoms with van der Waals surface area (Å²) < 4.78 is 1.69. The van der Waals surface area contributed by atoms with Crippen molar-refractivity contribution in [3.05, 3.63) is 17.7 Å². The summed E-state index contributed by atoms with van der Waals surface area (Å²) in [5.41, 5.74) is 0.185. The topological polar surface area (TPSA) is 64.0 Å². The number of aryl methyl sites for hydroxylation is 1. The summed E-state index contributed by atoms with van der Waals surface area (Å²) in [7, 11) is 0. The molecule has 0 spiro atoms. The minimum absolute atomic E-state index is 0.0718. The number of imidazole rings is 1. The molecule has 1 heterocycles. The van der Waals surface area contributed by atoms with E-state index in [1.165, 1.54) is 6.92 Å². The van der Waals surface area contributed by atoms with Crippen LogP contribution < -0.4 is 5.32 Å². The van der Waals surface area contributed by atoms with Gasteiger partial charge in [-0.15, -0.1) is 0 Å². The molecule has 100 valence electrons. The van der Waals surface area contributed by atoms with E-state index in [2.05, 4.69) is 10.3 Å². The number of ketones is 1. The van der Waals surface area contributed by atoms with Crippen LogP contribution in [0.3, 0.4) is 0 Å². The summed E-state index contributed by atoms with van der Waals surface area (Å²) in [5, 5.41) is 2.95. The van der Waals surface area contributed by atoms with Crippen LogP contribution in [0.2, 0.25) is 0 Å². The Balaban J connectivity index is 2.73. The fourth-order valence-corrected chi connectivity index (χ4v) is 1.50. The molecular formula is C13H21N3O2. The van der Waals surface area contributed by atoms with Crippen molar-refractivity contribution < 1.29 is 9.59 Å². The van der Waals surface area contributed by atoms with Gasteiger partial charge < -0.3 is 9.88 Å². The van der Waals surface area contributed by atoms with Crippen LogP contribution in [-0.2, 0) is 11.3 Å². The number of rotatable bonds is 5. The number of carbonyl (C=O) groups excluding carboxylic acids is 2. The number of nitrogens with zero attached hydrogens (tertiary/aromatic N) is 2. The van der Waals surface area contributed by atoms with Crippen LogP contribution in [-0.4, -0.2) is 26.8 Å². The predicted octanol–water partition coefficient (Wildman–Crippen LogP) is 1.70. The van der Waals surface area contributed by atoms with Crippen molar-refractivity contribution >= 4 is 11.7 Å². The lowest BCUT2D eigenvalue weighted by Crippen LogP contribution is -2.44. The molecule has 0 aliphatic carbocycles. The average Bonchev–Trinajstić information content (AvgIpc) is 2.59. The summed E-state index contributed by atoms with van der Waals surface area (Å²) in [5.74, 6) is 0.508. The highest BCUT2D eigenvalue weighted by Gasteiger charge is 2.18. The van der Waals surface area contributed by atoms with E-state index in [4.69, 9.17) is 0 Å². The molecule has 1 aromatic rings. The lowest BCUT2D eigenvalue weighted by atomic mass is 10.0. The van der Waals surface area contributed by atoms with E-state index in [0.717, 1.165) is 6.42 Å². The molecule has 1 rings (SSSR count). The molecule has 18 heavy (non-hydrogen) atoms. The van der Waals surface area contributed by atoms with Gasteiger partial charge in [-0.1, -0.05) is 6.92 Å². The van der Waals surface area contributed by atoms with Gasteiger partial charge in [0.1, 0.15) is 18.1 Å². The molecule has 0 saturated heterocycles. The molecule has 0 aliphatic rings. The Hall–Kier alpha value is -1.65. The van der Waals surface area contributed by atoms with Crippen LogP contribution in [0.25, 0.3) is 0 Å². The average molecular weight is 251 g/mol. The lowest BCUT2D eigenvalue weighted by molar-refractivity contribution is -0.123. The first kappa shape index (κ1) is 14.4. The highest BCUT2D eigenvalue weighted by molar-refractivity contribution is 5.92. The molecule has 0 fully saturated rings. The van der Waals surface area contributed by atoms with Crippen LogP contribution in [0.5, 0.6) is 0 Å². The van der Waals surface area contributed by atoms with E-state index in [9.17, 15) is 9.59 Å². The van der Waals surface area contributed by atoms with Crippen molar-refractivity contribution in [3.63, 3.8) is 0 Å². The van der Waals surface area contributed by atoms with Crippen molar-refractivity contribution in [3.8, 4) is 0 Å². The summed E-state index contributed by atoms with van der Waals surface area (Å²) in [6, 6.07) is 0. The van der Waals surface area contributed by atoms with Crippen LogP contribution >= 0.6 is 0 Å². The summed E-state index contributed by atoms with van der Waals surface area (Å²) in [4.78, 5) is 27.2. The van der Waals surface area contributed by atoms with Crippen LogP contribution in [0.1, 0.15) is 50.4 Å². The molecule has 5 nitrogen and oxygen atoms in total. The maximum Gasteiger partial charge on any atom is 0.240 e. The van der Waals surface area contributed by atoms with E-state index in [1.807, 2.05) is 20.8 Å². The lowest BCUT2D eigenvalue weighted by Gasteiger charge is -2.24. The van der Waals surface area contributed by atoms with Gasteiger partial charge in [-0.2, -0.15) is 0 Å². The Kier molecular flexibility index (Phi) is 4.27. The maximum absolute atomic E-state index is 11.9. The van der Waals surface area contributed by atoms with Gasteiger partial charge in [0.05, 0.1) is 0 Å². The third-order valence-corrected chi connectivity index (χ3v) is 3.01. The molecule has 0 aliphatic heterocycles. The maximum atomic E-state index is 11.9. The zero-order valence-corrected chi connectivity index (χ0v) is 11.7. The van der Waals surface area contributed by atoms with Gasteiger partial charge >= 0.3 is 0 Å². The zero-order chi connectivity index (χ0) is 13.9. The van der Waals surface area contributed by atoms with Crippen molar-refractivity contribution in [2.24, 2.45) is 0 Å². The summed E-state index contributed by atoms with van der Waals surface area (Å²) >= 11 is 0. The third-order valence-electron chi connectivity index (χ3n) is 3.01. The number of hydrogen-bond donors (Lipinski definition) is 1. The van der Waals surface area contributed by atoms with Crippen molar-refractivity contribution in [1.29, 1.82) is 0 Å². The van der Waals surface area contributed by atoms with E-state index in [-0.39, 0.29) is 23.8 Å². The normalized spacial score (nSPS) is 11.4. The van der Waals surface area contributed by atoms with Crippen molar-refractivity contribution in [1.82, 2.24) is 14.9 Å². The first-order chi connectivity index (χ1) is 8.25. The molecule has 0 aromatic carbocycles.